The van der Waals surface area contributed by atoms with Crippen LogP contribution in [-0.4, -0.2) is 181 Å². The maximum Gasteiger partial charge on any atom is 0.367 e. The summed E-state index contributed by atoms with van der Waals surface area (Å²) in [6.07, 6.45) is 11.5. The first kappa shape index (κ1) is 94.3. The van der Waals surface area contributed by atoms with E-state index in [0.29, 0.717) is 109 Å². The molecule has 30 atom stereocenters. The molecular weight excluding hydrogens is 1620 g/mol. The summed E-state index contributed by atoms with van der Waals surface area (Å²) >= 11 is 0. The van der Waals surface area contributed by atoms with E-state index in [0.717, 1.165) is 51.4 Å². The van der Waals surface area contributed by atoms with Gasteiger partial charge in [-0.15, -0.1) is 0 Å². The van der Waals surface area contributed by atoms with Crippen molar-refractivity contribution in [2.45, 2.75) is 288 Å². The number of fused-ring (bicyclic) bond motifs is 15. The largest absolute Gasteiger partial charge is 0.743 e. The molecule has 12 fully saturated rings. The monoisotopic (exact) mass is 1730 g/mol. The van der Waals surface area contributed by atoms with Crippen LogP contribution >= 0.6 is 0 Å². The van der Waals surface area contributed by atoms with Crippen molar-refractivity contribution < 1.29 is 152 Å². The van der Waals surface area contributed by atoms with Gasteiger partial charge < -0.3 is 57.4 Å². The molecular formula is C81H117F6O27S3-3. The second-order valence-corrected chi connectivity index (χ2v) is 42.9. The van der Waals surface area contributed by atoms with Crippen molar-refractivity contribution in [3.05, 3.63) is 0 Å². The van der Waals surface area contributed by atoms with Gasteiger partial charge >= 0.3 is 33.7 Å². The van der Waals surface area contributed by atoms with Crippen LogP contribution in [0.25, 0.3) is 0 Å². The predicted octanol–water partition coefficient (Wildman–Crippen LogP) is 10.3. The number of rotatable bonds is 27. The Labute approximate surface area is 680 Å². The van der Waals surface area contributed by atoms with E-state index in [1.165, 1.54) is 0 Å². The summed E-state index contributed by atoms with van der Waals surface area (Å²) in [4.78, 5) is 110. The molecule has 12 saturated carbocycles. The highest BCUT2D eigenvalue weighted by Gasteiger charge is 2.71. The zero-order valence-electron chi connectivity index (χ0n) is 67.9. The summed E-state index contributed by atoms with van der Waals surface area (Å²) in [5, 5.41) is 19.1. The van der Waals surface area contributed by atoms with Gasteiger partial charge in [-0.3, -0.25) is 43.2 Å². The molecule has 0 saturated heterocycles. The Hall–Kier alpha value is -4.98. The SMILES string of the molecule is CC(CCC(=O)OCC(F)(F)S(=O)(=O)[O-])[C@H]1CC[C@H]2[C@@H]3C(=O)C[C@@H]4CC(=O)CC[C@]4(C)[C@H]3CC(=O)[C@]12C.CC(CCC(=O)OCC(F)(F)S(=O)(=O)[O-])[C@H]1CC[C@H]2[C@@H]3[C@H](O)C[C@@H]4C[C@H](O)CC[C@]4(C)[C@H]3C[C@H](O)[C@]12C.CC(CCC(=O)OCC(F)(F)S(=O)(=O)[O-])[C@H]1CC[C@H]2[C@@H]3[C@H](OC=O)C[C@@H]4C[C@H](OC=O)CC[C@]4(C)[C@H]3C[C@H](OC=O)[C@]12C. The van der Waals surface area contributed by atoms with Crippen LogP contribution in [0.15, 0.2) is 0 Å². The summed E-state index contributed by atoms with van der Waals surface area (Å²) < 4.78 is 206. The van der Waals surface area contributed by atoms with Crippen LogP contribution in [0.3, 0.4) is 0 Å². The summed E-state index contributed by atoms with van der Waals surface area (Å²) in [5.74, 6) is -2.63. The minimum atomic E-state index is -5.97. The van der Waals surface area contributed by atoms with Crippen LogP contribution in [0.2, 0.25) is 0 Å². The molecule has 0 aromatic rings. The highest BCUT2D eigenvalue weighted by atomic mass is 32.2. The van der Waals surface area contributed by atoms with Crippen molar-refractivity contribution in [3.8, 4) is 0 Å². The van der Waals surface area contributed by atoms with Crippen LogP contribution < -0.4 is 0 Å². The predicted molar refractivity (Wildman–Crippen MR) is 396 cm³/mol. The maximum atomic E-state index is 13.8. The lowest BCUT2D eigenvalue weighted by atomic mass is 9.43. The summed E-state index contributed by atoms with van der Waals surface area (Å²) in [6, 6.07) is 0. The zero-order chi connectivity index (χ0) is 86.9. The summed E-state index contributed by atoms with van der Waals surface area (Å²) in [6.45, 7) is 14.5. The normalized spacial score (nSPS) is 41.1. The van der Waals surface area contributed by atoms with Crippen LogP contribution in [0, 0.1) is 139 Å². The minimum Gasteiger partial charge on any atom is -0.743 e. The van der Waals surface area contributed by atoms with E-state index >= 15 is 0 Å². The number of ketones is 3. The lowest BCUT2D eigenvalue weighted by Crippen LogP contribution is -2.63. The van der Waals surface area contributed by atoms with Crippen LogP contribution in [-0.2, 0) is 102 Å². The third kappa shape index (κ3) is 18.0. The lowest BCUT2D eigenvalue weighted by molar-refractivity contribution is -0.218. The van der Waals surface area contributed by atoms with Gasteiger partial charge in [-0.1, -0.05) is 62.3 Å². The number of aliphatic hydroxyl groups is 3. The van der Waals surface area contributed by atoms with Gasteiger partial charge in [0.05, 0.1) is 18.3 Å². The standard InChI is InChI=1S/C29H42F2O11S.C26H42F2O8S.C26H36F2O8S/c1-17(4-7-25(35)39-13-29(30,31)43(36,37)38)20-5-6-21-26-22(12-24(42-16-34)28(20,21)3)27(2)9-8-19(40-14-32)10-18(27)11-23(26)41-15-33;2*1-14(4-7-22(32)36-13-26(27,28)37(33,34)35)17-5-6-18-23-19(12-21(31)25(17,18)3)24(2)9-8-16(29)10-15(24)11-20(23)30/h14-24,26H,4-13H2,1-3H3,(H,36,37,38);14-21,23,29-31H,4-13H2,1-3H3,(H,33,34,35);14-15,17-19,23H,4-13H2,1-3H3,(H,33,34,35)/p-3/t17?,18-,19+,20+,21-,22-,23+,24-,26-,27-,28+;14?,15-,16+,17+,18-,19-,20+,21-,23-,24-,25+;14?,15-,17+,18-,19-,23-,24-,25+/m000/s1. The lowest BCUT2D eigenvalue weighted by Gasteiger charge is -2.64. The number of carbonyl (C=O) groups is 9. The van der Waals surface area contributed by atoms with Crippen molar-refractivity contribution in [2.75, 3.05) is 19.8 Å². The first-order valence-electron chi connectivity index (χ1n) is 41.5. The fourth-order valence-corrected chi connectivity index (χ4v) is 27.4. The number of halogens is 6. The number of esters is 3. The van der Waals surface area contributed by atoms with E-state index < -0.39 is 118 Å². The van der Waals surface area contributed by atoms with E-state index in [1.54, 1.807) is 0 Å². The fraction of sp³-hybridized carbons (Fsp3) is 0.889. The van der Waals surface area contributed by atoms with Crippen molar-refractivity contribution in [1.82, 2.24) is 0 Å². The van der Waals surface area contributed by atoms with Gasteiger partial charge in [0.25, 0.3) is 19.4 Å². The molecule has 12 aliphatic rings. The Kier molecular flexibility index (Phi) is 28.2. The van der Waals surface area contributed by atoms with Crippen molar-refractivity contribution in [3.63, 3.8) is 0 Å². The van der Waals surface area contributed by atoms with Crippen molar-refractivity contribution >= 4 is 85.0 Å². The van der Waals surface area contributed by atoms with Gasteiger partial charge in [0.15, 0.2) is 50.2 Å². The zero-order valence-corrected chi connectivity index (χ0v) is 70.4. The molecule has 0 aromatic heterocycles. The molecule has 666 valence electrons. The molecule has 0 spiro atoms. The number of carbonyl (C=O) groups excluding carboxylic acids is 9. The fourth-order valence-electron chi connectivity index (χ4n) is 26.8. The maximum absolute atomic E-state index is 13.8. The highest BCUT2D eigenvalue weighted by Crippen LogP contribution is 2.72. The number of alkyl halides is 6. The summed E-state index contributed by atoms with van der Waals surface area (Å²) in [7, 11) is -17.8. The number of hydrogen-bond acceptors (Lipinski definition) is 27. The third-order valence-corrected chi connectivity index (χ3v) is 35.8. The van der Waals surface area contributed by atoms with Gasteiger partial charge in [0, 0.05) is 67.6 Å². The van der Waals surface area contributed by atoms with Crippen LogP contribution in [0.4, 0.5) is 26.3 Å². The second kappa shape index (κ2) is 35.0. The van der Waals surface area contributed by atoms with Crippen LogP contribution in [0.1, 0.15) is 236 Å². The van der Waals surface area contributed by atoms with Gasteiger partial charge in [-0.2, -0.15) is 26.3 Å². The molecule has 3 unspecified atom stereocenters. The van der Waals surface area contributed by atoms with Crippen LogP contribution in [0.5, 0.6) is 0 Å². The molecule has 0 aliphatic heterocycles. The minimum absolute atomic E-state index is 0.00456. The van der Waals surface area contributed by atoms with Crippen molar-refractivity contribution in [2.24, 2.45) is 139 Å². The number of hydrogen-bond donors (Lipinski definition) is 3. The molecule has 0 aromatic carbocycles. The van der Waals surface area contributed by atoms with E-state index in [2.05, 4.69) is 48.8 Å². The first-order chi connectivity index (χ1) is 54.2. The topological polar surface area (TPSA) is 441 Å². The Morgan fingerprint density at radius 3 is 1.44 bits per heavy atom. The second-order valence-electron chi connectivity index (χ2n) is 38.4. The number of Topliss-reactive ketones (excluding diaryl/α,β-unsaturated/α-hetero) is 3. The molecule has 27 nitrogen and oxygen atoms in total. The molecule has 3 N–H and O–H groups in total. The molecule has 36 heteroatoms. The highest BCUT2D eigenvalue weighted by molar-refractivity contribution is 7.87. The van der Waals surface area contributed by atoms with E-state index in [1.807, 2.05) is 27.7 Å². The van der Waals surface area contributed by atoms with E-state index in [9.17, 15) is 124 Å². The molecule has 12 rings (SSSR count). The molecule has 0 bridgehead atoms. The first-order valence-corrected chi connectivity index (χ1v) is 45.8. The molecule has 0 amide bonds. The van der Waals surface area contributed by atoms with Gasteiger partial charge in [0.2, 0.25) is 0 Å². The quantitative estimate of drug-likeness (QED) is 0.0226. The third-order valence-electron chi connectivity index (χ3n) is 33.3. The Bertz CT molecular complexity index is 4040. The van der Waals surface area contributed by atoms with Gasteiger partial charge in [0.1, 0.15) is 35.7 Å². The average molecular weight is 1730 g/mol. The van der Waals surface area contributed by atoms with E-state index in [4.69, 9.17) is 14.2 Å². The Morgan fingerprint density at radius 2 is 0.932 bits per heavy atom. The van der Waals surface area contributed by atoms with E-state index in [-0.39, 0.29) is 191 Å². The molecule has 12 aliphatic carbocycles. The average Bonchev–Trinajstić information content (AvgIpc) is 1.66. The molecule has 0 radical (unpaired) electrons. The summed E-state index contributed by atoms with van der Waals surface area (Å²) in [5.41, 5.74) is -2.12. The molecule has 117 heavy (non-hydrogen) atoms. The van der Waals surface area contributed by atoms with Crippen molar-refractivity contribution in [1.29, 1.82) is 0 Å². The smallest absolute Gasteiger partial charge is 0.367 e. The molecule has 0 heterocycles. The number of ether oxygens (including phenoxy) is 6. The number of aliphatic hydroxyl groups excluding tert-OH is 3. The van der Waals surface area contributed by atoms with Gasteiger partial charge in [-0.05, 0) is 245 Å². The Morgan fingerprint density at radius 1 is 0.487 bits per heavy atom. The van der Waals surface area contributed by atoms with Gasteiger partial charge in [-0.25, -0.2) is 25.3 Å². The Balaban J connectivity index is 0.000000186.